The number of esters is 2. The zero-order chi connectivity index (χ0) is 36.1. The standard InChI is InChI=1S/C36H34N8O7/c1-5-50-32(45)20-42-18-27(38-40-42)23-9-11-25(22(3)16-23)36(48)34-29(13-14-37-34)44-15-7-8-30(44)35(47)26-12-10-24(17-31(26)49-4)28-19-43(41-39-28)21-33(46)51-6-2/h7-19,37H,5-6,20-21H2,1-4H3. The minimum absolute atomic E-state index is 0.0578. The number of rotatable bonds is 14. The Bertz CT molecular complexity index is 2240. The topological polar surface area (TPSA) is 178 Å². The summed E-state index contributed by atoms with van der Waals surface area (Å²) >= 11 is 0. The van der Waals surface area contributed by atoms with E-state index < -0.39 is 11.9 Å². The quantitative estimate of drug-likeness (QED) is 0.128. The molecule has 260 valence electrons. The second-order valence-electron chi connectivity index (χ2n) is 11.3. The largest absolute Gasteiger partial charge is 0.496 e. The van der Waals surface area contributed by atoms with E-state index in [1.54, 1.807) is 91.7 Å². The van der Waals surface area contributed by atoms with Crippen molar-refractivity contribution in [2.75, 3.05) is 20.3 Å². The fourth-order valence-electron chi connectivity index (χ4n) is 5.60. The van der Waals surface area contributed by atoms with Crippen molar-refractivity contribution in [2.24, 2.45) is 0 Å². The lowest BCUT2D eigenvalue weighted by atomic mass is 9.98. The van der Waals surface area contributed by atoms with Crippen LogP contribution in [0.4, 0.5) is 0 Å². The van der Waals surface area contributed by atoms with Crippen molar-refractivity contribution in [3.05, 3.63) is 107 Å². The number of aromatic nitrogens is 8. The van der Waals surface area contributed by atoms with E-state index in [2.05, 4.69) is 25.6 Å². The van der Waals surface area contributed by atoms with Gasteiger partial charge in [-0.2, -0.15) is 0 Å². The maximum atomic E-state index is 14.0. The normalized spacial score (nSPS) is 11.0. The molecule has 4 heterocycles. The van der Waals surface area contributed by atoms with Gasteiger partial charge in [0.05, 0.1) is 49.7 Å². The lowest BCUT2D eigenvalue weighted by molar-refractivity contribution is -0.145. The van der Waals surface area contributed by atoms with Crippen molar-refractivity contribution in [3.8, 4) is 34.0 Å². The van der Waals surface area contributed by atoms with E-state index in [9.17, 15) is 19.2 Å². The summed E-state index contributed by atoms with van der Waals surface area (Å²) in [7, 11) is 1.47. The third-order valence-corrected chi connectivity index (χ3v) is 7.97. The Morgan fingerprint density at radius 1 is 0.765 bits per heavy atom. The highest BCUT2D eigenvalue weighted by atomic mass is 16.5. The van der Waals surface area contributed by atoms with Crippen molar-refractivity contribution in [2.45, 2.75) is 33.9 Å². The number of benzene rings is 2. The molecule has 0 aliphatic heterocycles. The number of aromatic amines is 1. The van der Waals surface area contributed by atoms with Crippen molar-refractivity contribution >= 4 is 23.5 Å². The van der Waals surface area contributed by atoms with Crippen LogP contribution in [0.1, 0.15) is 51.5 Å². The number of H-pyrrole nitrogens is 1. The molecular formula is C36H34N8O7. The molecule has 4 aromatic heterocycles. The lowest BCUT2D eigenvalue weighted by Gasteiger charge is -2.13. The molecule has 0 radical (unpaired) electrons. The monoisotopic (exact) mass is 690 g/mol. The smallest absolute Gasteiger partial charge is 0.327 e. The first kappa shape index (κ1) is 34.2. The predicted molar refractivity (Wildman–Crippen MR) is 182 cm³/mol. The average Bonchev–Trinajstić information content (AvgIpc) is 3.95. The van der Waals surface area contributed by atoms with Gasteiger partial charge in [0.2, 0.25) is 11.6 Å². The molecule has 0 atom stereocenters. The number of nitrogens with zero attached hydrogens (tertiary/aromatic N) is 7. The van der Waals surface area contributed by atoms with Crippen LogP contribution in [0.5, 0.6) is 5.75 Å². The fourth-order valence-corrected chi connectivity index (χ4v) is 5.60. The number of methoxy groups -OCH3 is 1. The van der Waals surface area contributed by atoms with E-state index in [-0.39, 0.29) is 37.9 Å². The molecular weight excluding hydrogens is 656 g/mol. The number of nitrogens with one attached hydrogen (secondary N) is 1. The molecule has 15 heteroatoms. The van der Waals surface area contributed by atoms with Gasteiger partial charge in [-0.3, -0.25) is 19.2 Å². The van der Waals surface area contributed by atoms with Crippen molar-refractivity contribution in [1.29, 1.82) is 0 Å². The zero-order valence-electron chi connectivity index (χ0n) is 28.3. The first-order valence-corrected chi connectivity index (χ1v) is 16.1. The molecule has 15 nitrogen and oxygen atoms in total. The number of hydrogen-bond donors (Lipinski definition) is 1. The molecule has 0 amide bonds. The van der Waals surface area contributed by atoms with Crippen LogP contribution in [0.2, 0.25) is 0 Å². The van der Waals surface area contributed by atoms with Crippen LogP contribution in [0, 0.1) is 6.92 Å². The SMILES string of the molecule is CCOC(=O)Cn1cc(-c2ccc(C(=O)c3[nH]ccc3-n3cccc3C(=O)c3ccc(-c4cn(CC(=O)OCC)nn4)cc3OC)c(C)c2)nn1. The number of aryl methyl sites for hydroxylation is 1. The van der Waals surface area contributed by atoms with Crippen LogP contribution in [0.25, 0.3) is 28.2 Å². The summed E-state index contributed by atoms with van der Waals surface area (Å²) in [5.41, 5.74) is 4.95. The molecule has 2 aromatic carbocycles. The number of hydrogen-bond acceptors (Lipinski definition) is 11. The Hall–Kier alpha value is -6.64. The highest BCUT2D eigenvalue weighted by Gasteiger charge is 2.24. The van der Waals surface area contributed by atoms with Gasteiger partial charge in [-0.15, -0.1) is 10.2 Å². The number of carbonyl (C=O) groups is 4. The molecule has 0 bridgehead atoms. The lowest BCUT2D eigenvalue weighted by Crippen LogP contribution is -2.13. The molecule has 0 unspecified atom stereocenters. The molecule has 6 aromatic rings. The van der Waals surface area contributed by atoms with Gasteiger partial charge in [-0.25, -0.2) is 9.36 Å². The van der Waals surface area contributed by atoms with Crippen molar-refractivity contribution in [1.82, 2.24) is 39.5 Å². The maximum absolute atomic E-state index is 14.0. The Morgan fingerprint density at radius 2 is 1.37 bits per heavy atom. The summed E-state index contributed by atoms with van der Waals surface area (Å²) in [6.45, 7) is 5.69. The number of ketones is 2. The second-order valence-corrected chi connectivity index (χ2v) is 11.3. The molecule has 6 rings (SSSR count). The van der Waals surface area contributed by atoms with Gasteiger partial charge >= 0.3 is 11.9 Å². The van der Waals surface area contributed by atoms with Gasteiger partial charge in [0, 0.05) is 29.1 Å². The van der Waals surface area contributed by atoms with E-state index in [0.29, 0.717) is 56.5 Å². The summed E-state index contributed by atoms with van der Waals surface area (Å²) < 4.78 is 20.0. The highest BCUT2D eigenvalue weighted by Crippen LogP contribution is 2.30. The molecule has 1 N–H and O–H groups in total. The summed E-state index contributed by atoms with van der Waals surface area (Å²) in [6.07, 6.45) is 6.61. The maximum Gasteiger partial charge on any atom is 0.327 e. The molecule has 0 aliphatic carbocycles. The summed E-state index contributed by atoms with van der Waals surface area (Å²) in [6, 6.07) is 15.5. The minimum atomic E-state index is -0.428. The van der Waals surface area contributed by atoms with Crippen LogP contribution in [-0.4, -0.2) is 83.4 Å². The van der Waals surface area contributed by atoms with Gasteiger partial charge in [0.1, 0.15) is 35.9 Å². The molecule has 0 fully saturated rings. The predicted octanol–water partition coefficient (Wildman–Crippen LogP) is 4.23. The Balaban J connectivity index is 1.23. The van der Waals surface area contributed by atoms with Gasteiger partial charge in [0.15, 0.2) is 0 Å². The molecule has 0 spiro atoms. The van der Waals surface area contributed by atoms with Gasteiger partial charge in [-0.1, -0.05) is 28.6 Å². The highest BCUT2D eigenvalue weighted by molar-refractivity contribution is 6.13. The summed E-state index contributed by atoms with van der Waals surface area (Å²) in [5.74, 6) is -1.13. The van der Waals surface area contributed by atoms with E-state index >= 15 is 0 Å². The molecule has 0 saturated carbocycles. The first-order chi connectivity index (χ1) is 24.7. The van der Waals surface area contributed by atoms with Crippen molar-refractivity contribution < 1.29 is 33.4 Å². The van der Waals surface area contributed by atoms with Crippen LogP contribution in [0.15, 0.2) is 79.4 Å². The zero-order valence-corrected chi connectivity index (χ0v) is 28.3. The van der Waals surface area contributed by atoms with Crippen LogP contribution < -0.4 is 4.74 Å². The first-order valence-electron chi connectivity index (χ1n) is 16.1. The van der Waals surface area contributed by atoms with Crippen LogP contribution >= 0.6 is 0 Å². The van der Waals surface area contributed by atoms with E-state index in [1.807, 2.05) is 13.0 Å². The third kappa shape index (κ3) is 7.22. The van der Waals surface area contributed by atoms with Crippen molar-refractivity contribution in [3.63, 3.8) is 0 Å². The molecule has 0 aliphatic rings. The van der Waals surface area contributed by atoms with E-state index in [1.165, 1.54) is 16.5 Å². The number of ether oxygens (including phenoxy) is 3. The Morgan fingerprint density at radius 3 is 1.96 bits per heavy atom. The molecule has 0 saturated heterocycles. The Kier molecular flexibility index (Phi) is 9.97. The number of carbonyl (C=O) groups excluding carboxylic acids is 4. The summed E-state index contributed by atoms with van der Waals surface area (Å²) in [5, 5.41) is 16.3. The Labute approximate surface area is 291 Å². The average molecular weight is 691 g/mol. The van der Waals surface area contributed by atoms with E-state index in [4.69, 9.17) is 14.2 Å². The van der Waals surface area contributed by atoms with E-state index in [0.717, 1.165) is 5.56 Å². The second kappa shape index (κ2) is 14.9. The van der Waals surface area contributed by atoms with Gasteiger partial charge < -0.3 is 23.8 Å². The molecule has 51 heavy (non-hydrogen) atoms. The third-order valence-electron chi connectivity index (χ3n) is 7.97. The van der Waals surface area contributed by atoms with Crippen LogP contribution in [0.3, 0.4) is 0 Å². The minimum Gasteiger partial charge on any atom is -0.496 e. The van der Waals surface area contributed by atoms with Crippen LogP contribution in [-0.2, 0) is 32.2 Å². The van der Waals surface area contributed by atoms with Gasteiger partial charge in [-0.05, 0) is 62.7 Å². The summed E-state index contributed by atoms with van der Waals surface area (Å²) in [4.78, 5) is 54.6. The van der Waals surface area contributed by atoms with Gasteiger partial charge in [0.25, 0.3) is 0 Å². The fraction of sp³-hybridized carbons (Fsp3) is 0.222.